The number of carbonyl (C=O) groups excluding carboxylic acids is 2. The van der Waals surface area contributed by atoms with Crippen molar-refractivity contribution in [2.75, 3.05) is 12.1 Å². The van der Waals surface area contributed by atoms with Gasteiger partial charge in [-0.1, -0.05) is 30.4 Å². The topological polar surface area (TPSA) is 61.9 Å². The third-order valence-electron chi connectivity index (χ3n) is 4.89. The number of imide groups is 1. The minimum absolute atomic E-state index is 0.0673. The first kappa shape index (κ1) is 17.3. The summed E-state index contributed by atoms with van der Waals surface area (Å²) in [6.07, 6.45) is 9.15. The maximum atomic E-state index is 14.0. The number of likely N-dealkylation sites (N-methyl/N-ethyl adjacent to an activating group) is 1. The van der Waals surface area contributed by atoms with Gasteiger partial charge in [0.05, 0.1) is 5.69 Å². The molecule has 27 heavy (non-hydrogen) atoms. The summed E-state index contributed by atoms with van der Waals surface area (Å²) in [5, 5.41) is 4.29. The van der Waals surface area contributed by atoms with Gasteiger partial charge in [-0.2, -0.15) is 5.06 Å². The first-order valence-electron chi connectivity index (χ1n) is 8.87. The standard InChI is InChI=1S/C20H20FN3O3/c1-12-15(21)7-5-9-16(12)24-17-8-4-3-6-14(17)18(27-24)19(25)23(2)20(26)22-13-10-11-13/h3-9,13,17H,10-11H2,1-2H3,(H,22,26). The largest absolute Gasteiger partial charge is 0.372 e. The number of carbonyl (C=O) groups is 2. The fourth-order valence-electron chi connectivity index (χ4n) is 3.09. The van der Waals surface area contributed by atoms with E-state index >= 15 is 0 Å². The first-order valence-corrected chi connectivity index (χ1v) is 8.87. The van der Waals surface area contributed by atoms with Crippen molar-refractivity contribution >= 4 is 17.6 Å². The van der Waals surface area contributed by atoms with E-state index in [9.17, 15) is 14.0 Å². The van der Waals surface area contributed by atoms with Crippen LogP contribution in [0.3, 0.4) is 0 Å². The third-order valence-corrected chi connectivity index (χ3v) is 4.89. The van der Waals surface area contributed by atoms with E-state index < -0.39 is 11.9 Å². The van der Waals surface area contributed by atoms with Crippen LogP contribution in [0.2, 0.25) is 0 Å². The van der Waals surface area contributed by atoms with Crippen molar-refractivity contribution in [3.8, 4) is 0 Å². The molecule has 0 saturated heterocycles. The molecule has 1 aromatic rings. The summed E-state index contributed by atoms with van der Waals surface area (Å²) in [5.74, 6) is -0.823. The Kier molecular flexibility index (Phi) is 4.22. The lowest BCUT2D eigenvalue weighted by atomic mass is 10.00. The maximum absolute atomic E-state index is 14.0. The Balaban J connectivity index is 1.63. The lowest BCUT2D eigenvalue weighted by molar-refractivity contribution is -0.126. The summed E-state index contributed by atoms with van der Waals surface area (Å²) in [7, 11) is 1.42. The lowest BCUT2D eigenvalue weighted by Gasteiger charge is -2.26. The second-order valence-corrected chi connectivity index (χ2v) is 6.86. The van der Waals surface area contributed by atoms with E-state index in [4.69, 9.17) is 4.84 Å². The number of nitrogens with one attached hydrogen (secondary N) is 1. The second-order valence-electron chi connectivity index (χ2n) is 6.86. The van der Waals surface area contributed by atoms with Crippen LogP contribution in [0.5, 0.6) is 0 Å². The highest BCUT2D eigenvalue weighted by molar-refractivity contribution is 6.04. The number of hydroxylamine groups is 1. The van der Waals surface area contributed by atoms with Gasteiger partial charge in [0, 0.05) is 24.2 Å². The molecule has 2 aliphatic carbocycles. The van der Waals surface area contributed by atoms with Gasteiger partial charge in [-0.3, -0.25) is 9.69 Å². The fraction of sp³-hybridized carbons (Fsp3) is 0.300. The second kappa shape index (κ2) is 6.57. The number of fused-ring (bicyclic) bond motifs is 1. The van der Waals surface area contributed by atoms with Gasteiger partial charge in [-0.15, -0.1) is 0 Å². The molecule has 1 fully saturated rings. The number of hydrogen-bond acceptors (Lipinski definition) is 4. The Morgan fingerprint density at radius 3 is 2.81 bits per heavy atom. The highest BCUT2D eigenvalue weighted by atomic mass is 19.1. The average molecular weight is 369 g/mol. The Bertz CT molecular complexity index is 902. The molecule has 0 radical (unpaired) electrons. The van der Waals surface area contributed by atoms with E-state index in [1.54, 1.807) is 31.2 Å². The molecule has 7 heteroatoms. The lowest BCUT2D eigenvalue weighted by Crippen LogP contribution is -2.43. The van der Waals surface area contributed by atoms with E-state index in [0.717, 1.165) is 17.7 Å². The van der Waals surface area contributed by atoms with Gasteiger partial charge < -0.3 is 10.2 Å². The summed E-state index contributed by atoms with van der Waals surface area (Å²) in [6.45, 7) is 1.66. The van der Waals surface area contributed by atoms with Gasteiger partial charge in [0.1, 0.15) is 11.9 Å². The molecule has 1 unspecified atom stereocenters. The van der Waals surface area contributed by atoms with Crippen molar-refractivity contribution in [3.05, 3.63) is 65.2 Å². The molecule has 0 aromatic heterocycles. The number of halogens is 1. The molecule has 6 nitrogen and oxygen atoms in total. The number of nitrogens with zero attached hydrogens (tertiary/aromatic N) is 2. The molecule has 1 atom stereocenters. The quantitative estimate of drug-likeness (QED) is 0.890. The van der Waals surface area contributed by atoms with Crippen LogP contribution >= 0.6 is 0 Å². The molecule has 3 amide bonds. The molecular formula is C20H20FN3O3. The van der Waals surface area contributed by atoms with Crippen LogP contribution in [0.4, 0.5) is 14.9 Å². The molecule has 140 valence electrons. The van der Waals surface area contributed by atoms with E-state index in [2.05, 4.69) is 5.32 Å². The number of hydrogen-bond donors (Lipinski definition) is 1. The predicted octanol–water partition coefficient (Wildman–Crippen LogP) is 2.96. The highest BCUT2D eigenvalue weighted by Gasteiger charge is 2.40. The van der Waals surface area contributed by atoms with Gasteiger partial charge in [-0.05, 0) is 31.9 Å². The van der Waals surface area contributed by atoms with Gasteiger partial charge in [0.2, 0.25) is 5.76 Å². The molecule has 0 spiro atoms. The number of benzene rings is 1. The molecule has 1 aromatic carbocycles. The zero-order valence-corrected chi connectivity index (χ0v) is 15.1. The van der Waals surface area contributed by atoms with Crippen molar-refractivity contribution in [1.29, 1.82) is 0 Å². The van der Waals surface area contributed by atoms with Crippen molar-refractivity contribution in [3.63, 3.8) is 0 Å². The number of rotatable bonds is 3. The number of amides is 3. The van der Waals surface area contributed by atoms with Gasteiger partial charge in [-0.25, -0.2) is 9.18 Å². The maximum Gasteiger partial charge on any atom is 0.324 e. The smallest absolute Gasteiger partial charge is 0.324 e. The molecule has 3 aliphatic rings. The van der Waals surface area contributed by atoms with Crippen LogP contribution < -0.4 is 10.4 Å². The highest BCUT2D eigenvalue weighted by Crippen LogP contribution is 2.37. The fourth-order valence-corrected chi connectivity index (χ4v) is 3.09. The summed E-state index contributed by atoms with van der Waals surface area (Å²) in [4.78, 5) is 32.0. The zero-order chi connectivity index (χ0) is 19.1. The van der Waals surface area contributed by atoms with Crippen LogP contribution in [-0.4, -0.2) is 36.0 Å². The van der Waals surface area contributed by atoms with Crippen LogP contribution in [0.25, 0.3) is 0 Å². The minimum Gasteiger partial charge on any atom is -0.372 e. The Morgan fingerprint density at radius 1 is 1.30 bits per heavy atom. The Hall–Kier alpha value is -3.09. The third kappa shape index (κ3) is 3.09. The molecule has 1 aliphatic heterocycles. The van der Waals surface area contributed by atoms with Crippen molar-refractivity contribution in [1.82, 2.24) is 10.2 Å². The van der Waals surface area contributed by atoms with Crippen molar-refractivity contribution in [2.45, 2.75) is 31.8 Å². The summed E-state index contributed by atoms with van der Waals surface area (Å²) in [5.41, 5.74) is 1.59. The average Bonchev–Trinajstić information content (AvgIpc) is 3.40. The van der Waals surface area contributed by atoms with Crippen molar-refractivity contribution in [2.24, 2.45) is 0 Å². The van der Waals surface area contributed by atoms with E-state index in [-0.39, 0.29) is 23.7 Å². The summed E-state index contributed by atoms with van der Waals surface area (Å²) >= 11 is 0. The van der Waals surface area contributed by atoms with Crippen LogP contribution in [0.15, 0.2) is 53.8 Å². The number of anilines is 1. The number of urea groups is 1. The summed E-state index contributed by atoms with van der Waals surface area (Å²) < 4.78 is 14.0. The first-order chi connectivity index (χ1) is 13.0. The van der Waals surface area contributed by atoms with E-state index in [0.29, 0.717) is 16.8 Å². The molecule has 1 saturated carbocycles. The zero-order valence-electron chi connectivity index (χ0n) is 15.1. The monoisotopic (exact) mass is 369 g/mol. The molecule has 0 bridgehead atoms. The number of allylic oxidation sites excluding steroid dienone is 2. The minimum atomic E-state index is -0.537. The van der Waals surface area contributed by atoms with Gasteiger partial charge >= 0.3 is 6.03 Å². The van der Waals surface area contributed by atoms with Gasteiger partial charge in [0.25, 0.3) is 5.91 Å². The van der Waals surface area contributed by atoms with Crippen LogP contribution in [0, 0.1) is 12.7 Å². The molecule has 4 rings (SSSR count). The molecule has 1 heterocycles. The van der Waals surface area contributed by atoms with E-state index in [1.807, 2.05) is 12.2 Å². The Morgan fingerprint density at radius 2 is 2.07 bits per heavy atom. The molecular weight excluding hydrogens is 349 g/mol. The van der Waals surface area contributed by atoms with E-state index in [1.165, 1.54) is 18.2 Å². The van der Waals surface area contributed by atoms with Gasteiger partial charge in [0.15, 0.2) is 0 Å². The Labute approximate surface area is 156 Å². The van der Waals surface area contributed by atoms with Crippen LogP contribution in [-0.2, 0) is 9.63 Å². The van der Waals surface area contributed by atoms with Crippen LogP contribution in [0.1, 0.15) is 18.4 Å². The van der Waals surface area contributed by atoms with Crippen molar-refractivity contribution < 1.29 is 18.8 Å². The predicted molar refractivity (Wildman–Crippen MR) is 98.1 cm³/mol. The molecule has 1 N–H and O–H groups in total. The normalized spacial score (nSPS) is 20.4. The summed E-state index contributed by atoms with van der Waals surface area (Å²) in [6, 6.07) is 4.03. The SMILES string of the molecule is Cc1c(F)cccc1N1OC(C(=O)N(C)C(=O)NC2CC2)=C2C=CC=CC21.